The molecule has 4 nitrogen and oxygen atoms in total. The lowest BCUT2D eigenvalue weighted by molar-refractivity contribution is 0.453. The van der Waals surface area contributed by atoms with Crippen molar-refractivity contribution in [2.45, 2.75) is 57.7 Å². The SMILES string of the molecule is Clc1ccc(Cn2nc(CNC3CCCCCC3)c(-c3ccccc3)n2)cc1Cl. The maximum Gasteiger partial charge on any atom is 0.117 e. The van der Waals surface area contributed by atoms with Crippen LogP contribution in [0.3, 0.4) is 0 Å². The summed E-state index contributed by atoms with van der Waals surface area (Å²) in [6, 6.07) is 16.5. The number of benzene rings is 2. The Hall–Kier alpha value is -1.88. The van der Waals surface area contributed by atoms with Gasteiger partial charge in [0.15, 0.2) is 0 Å². The van der Waals surface area contributed by atoms with E-state index in [2.05, 4.69) is 17.4 Å². The average Bonchev–Trinajstić information content (AvgIpc) is 2.95. The Kier molecular flexibility index (Phi) is 6.86. The van der Waals surface area contributed by atoms with Gasteiger partial charge < -0.3 is 5.32 Å². The van der Waals surface area contributed by atoms with Crippen LogP contribution in [-0.4, -0.2) is 21.0 Å². The van der Waals surface area contributed by atoms with Gasteiger partial charge in [-0.15, -0.1) is 0 Å². The van der Waals surface area contributed by atoms with Crippen LogP contribution in [0.25, 0.3) is 11.3 Å². The molecule has 2 aromatic carbocycles. The van der Waals surface area contributed by atoms with Crippen molar-refractivity contribution in [3.05, 3.63) is 69.8 Å². The van der Waals surface area contributed by atoms with E-state index >= 15 is 0 Å². The fraction of sp³-hybridized carbons (Fsp3) is 0.391. The van der Waals surface area contributed by atoms with Crippen molar-refractivity contribution in [3.8, 4) is 11.3 Å². The van der Waals surface area contributed by atoms with Gasteiger partial charge in [0.1, 0.15) is 11.4 Å². The molecule has 1 aliphatic rings. The van der Waals surface area contributed by atoms with E-state index in [4.69, 9.17) is 33.4 Å². The molecule has 0 bridgehead atoms. The van der Waals surface area contributed by atoms with Gasteiger partial charge in [-0.25, -0.2) is 0 Å². The number of hydrogen-bond acceptors (Lipinski definition) is 3. The van der Waals surface area contributed by atoms with Crippen LogP contribution in [0, 0.1) is 0 Å². The van der Waals surface area contributed by atoms with Gasteiger partial charge in [0.25, 0.3) is 0 Å². The van der Waals surface area contributed by atoms with Crippen molar-refractivity contribution in [1.29, 1.82) is 0 Å². The summed E-state index contributed by atoms with van der Waals surface area (Å²) in [6.07, 6.45) is 7.83. The molecule has 1 heterocycles. The van der Waals surface area contributed by atoms with Crippen LogP contribution in [-0.2, 0) is 13.1 Å². The van der Waals surface area contributed by atoms with Crippen LogP contribution >= 0.6 is 23.2 Å². The molecule has 0 unspecified atom stereocenters. The quantitative estimate of drug-likeness (QED) is 0.481. The first kappa shape index (κ1) is 20.4. The van der Waals surface area contributed by atoms with Gasteiger partial charge in [0.05, 0.1) is 16.6 Å². The summed E-state index contributed by atoms with van der Waals surface area (Å²) in [5.41, 5.74) is 4.04. The minimum Gasteiger partial charge on any atom is -0.308 e. The topological polar surface area (TPSA) is 42.7 Å². The number of hydrogen-bond donors (Lipinski definition) is 1. The Morgan fingerprint density at radius 1 is 0.897 bits per heavy atom. The third-order valence-corrected chi connectivity index (χ3v) is 6.23. The molecule has 1 aromatic heterocycles. The molecule has 3 aromatic rings. The smallest absolute Gasteiger partial charge is 0.117 e. The van der Waals surface area contributed by atoms with Gasteiger partial charge >= 0.3 is 0 Å². The van der Waals surface area contributed by atoms with E-state index in [1.807, 2.05) is 36.4 Å². The Labute approximate surface area is 182 Å². The zero-order valence-corrected chi connectivity index (χ0v) is 18.0. The van der Waals surface area contributed by atoms with E-state index in [1.54, 1.807) is 4.80 Å². The lowest BCUT2D eigenvalue weighted by atomic mass is 10.1. The highest BCUT2D eigenvalue weighted by atomic mass is 35.5. The lowest BCUT2D eigenvalue weighted by Crippen LogP contribution is -2.28. The Balaban J connectivity index is 1.55. The van der Waals surface area contributed by atoms with Crippen LogP contribution < -0.4 is 5.32 Å². The van der Waals surface area contributed by atoms with Crippen LogP contribution in [0.5, 0.6) is 0 Å². The molecule has 6 heteroatoms. The number of rotatable bonds is 6. The van der Waals surface area contributed by atoms with Gasteiger partial charge in [-0.3, -0.25) is 0 Å². The molecule has 0 saturated heterocycles. The molecule has 1 fully saturated rings. The highest BCUT2D eigenvalue weighted by Crippen LogP contribution is 2.24. The Bertz CT molecular complexity index is 931. The Morgan fingerprint density at radius 3 is 2.38 bits per heavy atom. The first-order valence-corrected chi connectivity index (χ1v) is 11.1. The largest absolute Gasteiger partial charge is 0.308 e. The van der Waals surface area contributed by atoms with Crippen LogP contribution in [0.15, 0.2) is 48.5 Å². The summed E-state index contributed by atoms with van der Waals surface area (Å²) in [4.78, 5) is 1.76. The number of aromatic nitrogens is 3. The monoisotopic (exact) mass is 428 g/mol. The number of halogens is 2. The van der Waals surface area contributed by atoms with E-state index in [-0.39, 0.29) is 0 Å². The van der Waals surface area contributed by atoms with E-state index < -0.39 is 0 Å². The van der Waals surface area contributed by atoms with Crippen molar-refractivity contribution in [3.63, 3.8) is 0 Å². The zero-order valence-electron chi connectivity index (χ0n) is 16.5. The highest BCUT2D eigenvalue weighted by molar-refractivity contribution is 6.42. The maximum absolute atomic E-state index is 6.17. The van der Waals surface area contributed by atoms with Gasteiger partial charge in [-0.1, -0.05) is 85.3 Å². The summed E-state index contributed by atoms with van der Waals surface area (Å²) < 4.78 is 0. The summed E-state index contributed by atoms with van der Waals surface area (Å²) in [6.45, 7) is 1.29. The minimum atomic E-state index is 0.551. The van der Waals surface area contributed by atoms with Gasteiger partial charge in [0, 0.05) is 18.2 Å². The van der Waals surface area contributed by atoms with Crippen molar-refractivity contribution >= 4 is 23.2 Å². The molecule has 0 aliphatic heterocycles. The predicted octanol–water partition coefficient (Wildman–Crippen LogP) is 6.11. The molecule has 0 spiro atoms. The van der Waals surface area contributed by atoms with E-state index in [1.165, 1.54) is 38.5 Å². The molecule has 29 heavy (non-hydrogen) atoms. The summed E-state index contributed by atoms with van der Waals surface area (Å²) in [5.74, 6) is 0. The first-order chi connectivity index (χ1) is 14.2. The molecule has 152 valence electrons. The zero-order chi connectivity index (χ0) is 20.1. The second-order valence-electron chi connectivity index (χ2n) is 7.71. The van der Waals surface area contributed by atoms with Crippen molar-refractivity contribution in [2.24, 2.45) is 0 Å². The summed E-state index contributed by atoms with van der Waals surface area (Å²) >= 11 is 12.2. The van der Waals surface area contributed by atoms with Crippen molar-refractivity contribution in [2.75, 3.05) is 0 Å². The Morgan fingerprint density at radius 2 is 1.66 bits per heavy atom. The normalized spacial score (nSPS) is 15.4. The molecule has 4 rings (SSSR count). The van der Waals surface area contributed by atoms with E-state index in [0.717, 1.165) is 29.1 Å². The summed E-state index contributed by atoms with van der Waals surface area (Å²) in [7, 11) is 0. The molecule has 1 aliphatic carbocycles. The molecular weight excluding hydrogens is 403 g/mol. The van der Waals surface area contributed by atoms with Gasteiger partial charge in [-0.05, 0) is 30.5 Å². The first-order valence-electron chi connectivity index (χ1n) is 10.4. The fourth-order valence-electron chi connectivity index (χ4n) is 3.92. The van der Waals surface area contributed by atoms with Gasteiger partial charge in [0.2, 0.25) is 0 Å². The van der Waals surface area contributed by atoms with Crippen LogP contribution in [0.4, 0.5) is 0 Å². The molecule has 0 radical (unpaired) electrons. The third kappa shape index (κ3) is 5.39. The average molecular weight is 429 g/mol. The second-order valence-corrected chi connectivity index (χ2v) is 8.52. The van der Waals surface area contributed by atoms with Crippen LogP contribution in [0.1, 0.15) is 49.8 Å². The highest BCUT2D eigenvalue weighted by Gasteiger charge is 2.17. The van der Waals surface area contributed by atoms with E-state index in [9.17, 15) is 0 Å². The molecule has 1 saturated carbocycles. The third-order valence-electron chi connectivity index (χ3n) is 5.49. The van der Waals surface area contributed by atoms with Crippen molar-refractivity contribution < 1.29 is 0 Å². The van der Waals surface area contributed by atoms with Crippen molar-refractivity contribution in [1.82, 2.24) is 20.3 Å². The second kappa shape index (κ2) is 9.75. The van der Waals surface area contributed by atoms with E-state index in [0.29, 0.717) is 22.6 Å². The molecule has 1 N–H and O–H groups in total. The lowest BCUT2D eigenvalue weighted by Gasteiger charge is -2.15. The van der Waals surface area contributed by atoms with Gasteiger partial charge in [-0.2, -0.15) is 15.0 Å². The maximum atomic E-state index is 6.17. The molecule has 0 amide bonds. The molecular formula is C23H26Cl2N4. The number of nitrogens with one attached hydrogen (secondary N) is 1. The summed E-state index contributed by atoms with van der Waals surface area (Å²) in [5, 5.41) is 14.4. The number of nitrogens with zero attached hydrogens (tertiary/aromatic N) is 3. The van der Waals surface area contributed by atoms with Crippen LogP contribution in [0.2, 0.25) is 10.0 Å². The molecule has 0 atom stereocenters. The predicted molar refractivity (Wildman–Crippen MR) is 119 cm³/mol. The standard InChI is InChI=1S/C23H26Cl2N4/c24-20-13-12-17(14-21(20)25)16-29-27-22(15-26-19-10-6-1-2-7-11-19)23(28-29)18-8-4-3-5-9-18/h3-5,8-9,12-14,19,26H,1-2,6-7,10-11,15-16H2. The minimum absolute atomic E-state index is 0.551. The fourth-order valence-corrected chi connectivity index (χ4v) is 4.24.